The summed E-state index contributed by atoms with van der Waals surface area (Å²) < 4.78 is 12.8. The molecule has 168 valence electrons. The molecule has 2 heterocycles. The minimum atomic E-state index is -0.412. The lowest BCUT2D eigenvalue weighted by atomic mass is 9.67. The van der Waals surface area contributed by atoms with Gasteiger partial charge in [-0.2, -0.15) is 0 Å². The number of hydrogen-bond donors (Lipinski definition) is 0. The summed E-state index contributed by atoms with van der Waals surface area (Å²) in [6.45, 7) is 8.39. The van der Waals surface area contributed by atoms with Gasteiger partial charge in [0.2, 0.25) is 0 Å². The number of hydrogen-bond acceptors (Lipinski definition) is 3. The Bertz CT molecular complexity index is 1310. The molecule has 4 aromatic rings. The molecule has 0 radical (unpaired) electrons. The molecule has 1 aromatic heterocycles. The van der Waals surface area contributed by atoms with Crippen LogP contribution in [-0.4, -0.2) is 23.3 Å². The molecule has 3 aromatic carbocycles. The lowest BCUT2D eigenvalue weighted by molar-refractivity contribution is 0.00578. The molecule has 0 amide bonds. The van der Waals surface area contributed by atoms with Crippen molar-refractivity contribution in [2.24, 2.45) is 0 Å². The van der Waals surface area contributed by atoms with E-state index in [9.17, 15) is 0 Å². The Labute approximate surface area is 201 Å². The third-order valence-corrected chi connectivity index (χ3v) is 7.91. The van der Waals surface area contributed by atoms with Crippen molar-refractivity contribution in [3.63, 3.8) is 0 Å². The van der Waals surface area contributed by atoms with Crippen LogP contribution in [0.2, 0.25) is 0 Å². The second-order valence-corrected chi connectivity index (χ2v) is 10.3. The lowest BCUT2D eigenvalue weighted by Crippen LogP contribution is -2.41. The second-order valence-electron chi connectivity index (χ2n) is 10.3. The molecule has 4 heteroatoms. The predicted octanol–water partition coefficient (Wildman–Crippen LogP) is 5.74. The number of fused-ring (bicyclic) bond motifs is 3. The molecular formula is C30H28BNO2. The number of nitrogens with zero attached hydrogens (tertiary/aromatic N) is 1. The Morgan fingerprint density at radius 3 is 1.91 bits per heavy atom. The zero-order chi connectivity index (χ0) is 23.6. The Morgan fingerprint density at radius 2 is 1.21 bits per heavy atom. The maximum Gasteiger partial charge on any atom is 0.494 e. The maximum absolute atomic E-state index is 6.39. The predicted molar refractivity (Wildman–Crippen MR) is 137 cm³/mol. The summed E-state index contributed by atoms with van der Waals surface area (Å²) in [6, 6.07) is 30.5. The number of pyridine rings is 1. The van der Waals surface area contributed by atoms with Gasteiger partial charge in [0.05, 0.1) is 16.6 Å². The van der Waals surface area contributed by atoms with Crippen LogP contribution in [0, 0.1) is 0 Å². The summed E-state index contributed by atoms with van der Waals surface area (Å²) in [7, 11) is -0.393. The first-order chi connectivity index (χ1) is 16.3. The van der Waals surface area contributed by atoms with Gasteiger partial charge in [-0.15, -0.1) is 0 Å². The van der Waals surface area contributed by atoms with Crippen LogP contribution in [0.3, 0.4) is 0 Å². The largest absolute Gasteiger partial charge is 0.494 e. The van der Waals surface area contributed by atoms with Gasteiger partial charge in [-0.05, 0) is 78.7 Å². The van der Waals surface area contributed by atoms with Gasteiger partial charge in [-0.1, -0.05) is 72.8 Å². The number of aromatic nitrogens is 1. The first kappa shape index (κ1) is 21.3. The van der Waals surface area contributed by atoms with Crippen LogP contribution in [0.5, 0.6) is 0 Å². The molecule has 1 unspecified atom stereocenters. The Balaban J connectivity index is 1.61. The van der Waals surface area contributed by atoms with Crippen LogP contribution in [0.1, 0.15) is 49.9 Å². The summed E-state index contributed by atoms with van der Waals surface area (Å²) in [6.07, 6.45) is 3.78. The Kier molecular flexibility index (Phi) is 4.64. The Hall–Kier alpha value is -3.21. The fourth-order valence-corrected chi connectivity index (χ4v) is 5.51. The van der Waals surface area contributed by atoms with E-state index in [0.717, 1.165) is 5.46 Å². The molecule has 1 aliphatic heterocycles. The molecule has 2 aliphatic rings. The van der Waals surface area contributed by atoms with E-state index in [1.165, 1.54) is 33.4 Å². The first-order valence-corrected chi connectivity index (χ1v) is 11.9. The summed E-state index contributed by atoms with van der Waals surface area (Å²) >= 11 is 0. The number of rotatable bonds is 3. The third-order valence-electron chi connectivity index (χ3n) is 7.91. The van der Waals surface area contributed by atoms with Crippen molar-refractivity contribution in [1.82, 2.24) is 4.98 Å². The molecule has 1 fully saturated rings. The van der Waals surface area contributed by atoms with E-state index in [-0.39, 0.29) is 11.2 Å². The SMILES string of the molecule is CC1(C)OB(c2ccc3c(c2)-c2ccccc2C3(c2ccccc2)c2ccncc2)OC1(C)C. The average Bonchev–Trinajstić information content (AvgIpc) is 3.27. The summed E-state index contributed by atoms with van der Waals surface area (Å²) in [5.41, 5.74) is 7.37. The fourth-order valence-electron chi connectivity index (χ4n) is 5.51. The summed E-state index contributed by atoms with van der Waals surface area (Å²) in [5, 5.41) is 0. The summed E-state index contributed by atoms with van der Waals surface area (Å²) in [4.78, 5) is 4.31. The third kappa shape index (κ3) is 2.89. The fraction of sp³-hybridized carbons (Fsp3) is 0.233. The van der Waals surface area contributed by atoms with Gasteiger partial charge in [0, 0.05) is 12.4 Å². The highest BCUT2D eigenvalue weighted by Gasteiger charge is 2.52. The molecule has 3 nitrogen and oxygen atoms in total. The quantitative estimate of drug-likeness (QED) is 0.332. The first-order valence-electron chi connectivity index (χ1n) is 11.9. The van der Waals surface area contributed by atoms with E-state index < -0.39 is 12.5 Å². The van der Waals surface area contributed by atoms with Crippen molar-refractivity contribution in [2.45, 2.75) is 44.3 Å². The van der Waals surface area contributed by atoms with Gasteiger partial charge in [0.1, 0.15) is 0 Å². The average molecular weight is 445 g/mol. The van der Waals surface area contributed by atoms with Crippen LogP contribution in [0.15, 0.2) is 97.3 Å². The monoisotopic (exact) mass is 445 g/mol. The minimum absolute atomic E-state index is 0.376. The highest BCUT2D eigenvalue weighted by Crippen LogP contribution is 2.55. The normalized spacial score (nSPS) is 21.8. The van der Waals surface area contributed by atoms with Crippen LogP contribution in [-0.2, 0) is 14.7 Å². The molecule has 0 bridgehead atoms. The van der Waals surface area contributed by atoms with Gasteiger partial charge in [0.15, 0.2) is 0 Å². The Morgan fingerprint density at radius 1 is 0.618 bits per heavy atom. The molecule has 1 saturated heterocycles. The summed E-state index contributed by atoms with van der Waals surface area (Å²) in [5.74, 6) is 0. The molecule has 34 heavy (non-hydrogen) atoms. The van der Waals surface area contributed by atoms with Crippen LogP contribution < -0.4 is 5.46 Å². The molecular weight excluding hydrogens is 417 g/mol. The van der Waals surface area contributed by atoms with E-state index in [1.807, 2.05) is 12.4 Å². The molecule has 1 atom stereocenters. The van der Waals surface area contributed by atoms with Gasteiger partial charge in [-0.3, -0.25) is 4.98 Å². The highest BCUT2D eigenvalue weighted by molar-refractivity contribution is 6.62. The van der Waals surface area contributed by atoms with Crippen molar-refractivity contribution in [2.75, 3.05) is 0 Å². The molecule has 0 spiro atoms. The van der Waals surface area contributed by atoms with E-state index in [2.05, 4.69) is 118 Å². The second kappa shape index (κ2) is 7.40. The molecule has 0 saturated carbocycles. The van der Waals surface area contributed by atoms with E-state index >= 15 is 0 Å². The van der Waals surface area contributed by atoms with Crippen LogP contribution in [0.4, 0.5) is 0 Å². The zero-order valence-corrected chi connectivity index (χ0v) is 20.1. The van der Waals surface area contributed by atoms with Crippen LogP contribution >= 0.6 is 0 Å². The van der Waals surface area contributed by atoms with E-state index in [0.29, 0.717) is 0 Å². The molecule has 6 rings (SSSR count). The molecule has 0 N–H and O–H groups in total. The number of benzene rings is 3. The van der Waals surface area contributed by atoms with Crippen molar-refractivity contribution in [1.29, 1.82) is 0 Å². The van der Waals surface area contributed by atoms with Gasteiger partial charge >= 0.3 is 7.12 Å². The van der Waals surface area contributed by atoms with Crippen molar-refractivity contribution >= 4 is 12.6 Å². The van der Waals surface area contributed by atoms with Crippen molar-refractivity contribution < 1.29 is 9.31 Å². The van der Waals surface area contributed by atoms with Crippen molar-refractivity contribution in [3.05, 3.63) is 120 Å². The lowest BCUT2D eigenvalue weighted by Gasteiger charge is -2.33. The van der Waals surface area contributed by atoms with Gasteiger partial charge in [0.25, 0.3) is 0 Å². The minimum Gasteiger partial charge on any atom is -0.399 e. The zero-order valence-electron chi connectivity index (χ0n) is 20.1. The molecule has 1 aliphatic carbocycles. The highest BCUT2D eigenvalue weighted by atomic mass is 16.7. The van der Waals surface area contributed by atoms with E-state index in [4.69, 9.17) is 9.31 Å². The van der Waals surface area contributed by atoms with Gasteiger partial charge < -0.3 is 9.31 Å². The van der Waals surface area contributed by atoms with Crippen molar-refractivity contribution in [3.8, 4) is 11.1 Å². The van der Waals surface area contributed by atoms with Crippen LogP contribution in [0.25, 0.3) is 11.1 Å². The van der Waals surface area contributed by atoms with E-state index in [1.54, 1.807) is 0 Å². The standard InChI is InChI=1S/C30H28BNO2/c1-28(2)29(3,4)34-31(33-28)23-14-15-27-25(20-23)24-12-8-9-13-26(24)30(27,21-10-6-5-7-11-21)22-16-18-32-19-17-22/h5-20H,1-4H3. The maximum atomic E-state index is 6.39. The topological polar surface area (TPSA) is 31.4 Å². The smallest absolute Gasteiger partial charge is 0.399 e. The van der Waals surface area contributed by atoms with Gasteiger partial charge in [-0.25, -0.2) is 0 Å².